The number of carbonyl (C=O) groups excluding carboxylic acids is 1. The van der Waals surface area contributed by atoms with Crippen molar-refractivity contribution in [2.75, 3.05) is 10.6 Å². The van der Waals surface area contributed by atoms with Crippen LogP contribution < -0.4 is 10.6 Å². The quantitative estimate of drug-likeness (QED) is 0.354. The van der Waals surface area contributed by atoms with E-state index < -0.39 is 22.8 Å². The summed E-state index contributed by atoms with van der Waals surface area (Å²) in [7, 11) is 0. The normalized spacial score (nSPS) is 11.3. The zero-order valence-electron chi connectivity index (χ0n) is 17.2. The van der Waals surface area contributed by atoms with Crippen molar-refractivity contribution in [2.24, 2.45) is 0 Å². The molecule has 0 aliphatic carbocycles. The molecule has 4 aromatic rings. The Labute approximate surface area is 192 Å². The maximum absolute atomic E-state index is 13.0. The molecule has 0 saturated heterocycles. The summed E-state index contributed by atoms with van der Waals surface area (Å²) in [4.78, 5) is 20.8. The highest BCUT2D eigenvalue weighted by Gasteiger charge is 2.33. The predicted octanol–water partition coefficient (Wildman–Crippen LogP) is 6.56. The molecule has 0 aliphatic heterocycles. The van der Waals surface area contributed by atoms with Gasteiger partial charge in [-0.3, -0.25) is 9.55 Å². The van der Waals surface area contributed by atoms with Crippen LogP contribution >= 0.6 is 11.6 Å². The van der Waals surface area contributed by atoms with Crippen molar-refractivity contribution in [3.8, 4) is 17.1 Å². The van der Waals surface area contributed by atoms with Gasteiger partial charge < -0.3 is 10.6 Å². The van der Waals surface area contributed by atoms with Gasteiger partial charge in [-0.1, -0.05) is 11.6 Å². The SMILES string of the molecule is Cc1cc(-n2ccnc2-c2ccncc2)ccc1NC(=O)Nc1ccc(Cl)c(C(F)(F)F)c1. The summed E-state index contributed by atoms with van der Waals surface area (Å²) < 4.78 is 41.0. The fraction of sp³-hybridized carbons (Fsp3) is 0.0870. The van der Waals surface area contributed by atoms with Crippen molar-refractivity contribution >= 4 is 29.0 Å². The molecule has 0 bridgehead atoms. The Morgan fingerprint density at radius 1 is 1.00 bits per heavy atom. The van der Waals surface area contributed by atoms with Gasteiger partial charge in [0, 0.05) is 47.4 Å². The van der Waals surface area contributed by atoms with E-state index in [2.05, 4.69) is 20.6 Å². The largest absolute Gasteiger partial charge is 0.417 e. The number of halogens is 4. The third kappa shape index (κ3) is 4.98. The number of aryl methyl sites for hydroxylation is 1. The number of urea groups is 1. The van der Waals surface area contributed by atoms with Crippen molar-refractivity contribution in [3.63, 3.8) is 0 Å². The number of imidazole rings is 1. The number of aromatic nitrogens is 3. The number of hydrogen-bond donors (Lipinski definition) is 2. The predicted molar refractivity (Wildman–Crippen MR) is 121 cm³/mol. The summed E-state index contributed by atoms with van der Waals surface area (Å²) in [5.74, 6) is 0.735. The second kappa shape index (κ2) is 8.95. The van der Waals surface area contributed by atoms with Crippen LogP contribution in [0.5, 0.6) is 0 Å². The van der Waals surface area contributed by atoms with Crippen LogP contribution in [0.25, 0.3) is 17.1 Å². The number of amides is 2. The molecule has 2 aromatic heterocycles. The van der Waals surface area contributed by atoms with Gasteiger partial charge in [-0.25, -0.2) is 9.78 Å². The van der Waals surface area contributed by atoms with Crippen molar-refractivity contribution in [3.05, 3.63) is 89.5 Å². The summed E-state index contributed by atoms with van der Waals surface area (Å²) in [6, 6.07) is 11.6. The summed E-state index contributed by atoms with van der Waals surface area (Å²) in [6.07, 6.45) is 2.25. The van der Waals surface area contributed by atoms with Crippen LogP contribution in [0.1, 0.15) is 11.1 Å². The molecule has 10 heteroatoms. The molecule has 2 N–H and O–H groups in total. The maximum atomic E-state index is 13.0. The van der Waals surface area contributed by atoms with Crippen molar-refractivity contribution in [1.82, 2.24) is 14.5 Å². The van der Waals surface area contributed by atoms with E-state index in [1.54, 1.807) is 30.7 Å². The van der Waals surface area contributed by atoms with Gasteiger partial charge in [0.15, 0.2) is 0 Å². The average molecular weight is 472 g/mol. The van der Waals surface area contributed by atoms with Gasteiger partial charge in [-0.15, -0.1) is 0 Å². The Bertz CT molecular complexity index is 1310. The zero-order valence-corrected chi connectivity index (χ0v) is 17.9. The first kappa shape index (κ1) is 22.3. The Balaban J connectivity index is 1.51. The highest BCUT2D eigenvalue weighted by Crippen LogP contribution is 2.36. The second-order valence-corrected chi connectivity index (χ2v) is 7.53. The summed E-state index contributed by atoms with van der Waals surface area (Å²) in [5, 5.41) is 4.61. The lowest BCUT2D eigenvalue weighted by molar-refractivity contribution is -0.137. The van der Waals surface area contributed by atoms with Crippen LogP contribution in [0, 0.1) is 6.92 Å². The van der Waals surface area contributed by atoms with E-state index in [0.717, 1.165) is 34.8 Å². The molecule has 168 valence electrons. The minimum Gasteiger partial charge on any atom is -0.308 e. The number of rotatable bonds is 4. The van der Waals surface area contributed by atoms with E-state index >= 15 is 0 Å². The van der Waals surface area contributed by atoms with E-state index in [1.807, 2.05) is 35.9 Å². The van der Waals surface area contributed by atoms with Crippen molar-refractivity contribution in [1.29, 1.82) is 0 Å². The number of pyridine rings is 1. The number of benzene rings is 2. The topological polar surface area (TPSA) is 71.8 Å². The minimum atomic E-state index is -4.62. The third-order valence-corrected chi connectivity index (χ3v) is 5.17. The molecule has 0 atom stereocenters. The van der Waals surface area contributed by atoms with Gasteiger partial charge in [0.05, 0.1) is 10.6 Å². The monoisotopic (exact) mass is 471 g/mol. The Hall–Kier alpha value is -3.85. The molecule has 6 nitrogen and oxygen atoms in total. The highest BCUT2D eigenvalue weighted by atomic mass is 35.5. The first-order valence-corrected chi connectivity index (χ1v) is 10.1. The smallest absolute Gasteiger partial charge is 0.308 e. The van der Waals surface area contributed by atoms with Gasteiger partial charge in [-0.2, -0.15) is 13.2 Å². The molecular formula is C23H17ClF3N5O. The Kier molecular flexibility index (Phi) is 6.06. The van der Waals surface area contributed by atoms with Gasteiger partial charge in [0.2, 0.25) is 0 Å². The lowest BCUT2D eigenvalue weighted by atomic mass is 10.1. The van der Waals surface area contributed by atoms with Crippen LogP contribution in [-0.4, -0.2) is 20.6 Å². The van der Waals surface area contributed by atoms with E-state index in [0.29, 0.717) is 5.69 Å². The summed E-state index contributed by atoms with van der Waals surface area (Å²) >= 11 is 5.62. The lowest BCUT2D eigenvalue weighted by Crippen LogP contribution is -2.20. The molecule has 0 unspecified atom stereocenters. The van der Waals surface area contributed by atoms with Gasteiger partial charge in [-0.05, 0) is 61.0 Å². The number of alkyl halides is 3. The minimum absolute atomic E-state index is 0.0288. The van der Waals surface area contributed by atoms with Gasteiger partial charge >= 0.3 is 12.2 Å². The molecule has 4 rings (SSSR count). The lowest BCUT2D eigenvalue weighted by Gasteiger charge is -2.14. The second-order valence-electron chi connectivity index (χ2n) is 7.13. The molecule has 0 aliphatic rings. The first-order chi connectivity index (χ1) is 15.7. The molecule has 0 fully saturated rings. The molecule has 33 heavy (non-hydrogen) atoms. The molecular weight excluding hydrogens is 455 g/mol. The fourth-order valence-electron chi connectivity index (χ4n) is 3.27. The average Bonchev–Trinajstić information content (AvgIpc) is 3.26. The molecule has 0 spiro atoms. The zero-order chi connectivity index (χ0) is 23.6. The van der Waals surface area contributed by atoms with Crippen LogP contribution in [0.2, 0.25) is 5.02 Å². The number of nitrogens with zero attached hydrogens (tertiary/aromatic N) is 3. The number of hydrogen-bond acceptors (Lipinski definition) is 3. The molecule has 2 amide bonds. The van der Waals surface area contributed by atoms with Gasteiger partial charge in [0.25, 0.3) is 0 Å². The van der Waals surface area contributed by atoms with E-state index in [9.17, 15) is 18.0 Å². The van der Waals surface area contributed by atoms with Crippen LogP contribution in [-0.2, 0) is 6.18 Å². The molecule has 0 saturated carbocycles. The third-order valence-electron chi connectivity index (χ3n) is 4.85. The number of anilines is 2. The van der Waals surface area contributed by atoms with Crippen LogP contribution in [0.3, 0.4) is 0 Å². The van der Waals surface area contributed by atoms with Crippen LogP contribution in [0.15, 0.2) is 73.3 Å². The Morgan fingerprint density at radius 3 is 2.45 bits per heavy atom. The number of carbonyl (C=O) groups is 1. The summed E-state index contributed by atoms with van der Waals surface area (Å²) in [6.45, 7) is 1.81. The molecule has 2 heterocycles. The summed E-state index contributed by atoms with van der Waals surface area (Å²) in [5.41, 5.74) is 1.94. The Morgan fingerprint density at radius 2 is 1.76 bits per heavy atom. The standard InChI is InChI=1S/C23H17ClF3N5O/c1-14-12-17(32-11-10-29-21(32)15-6-8-28-9-7-15)3-5-20(14)31-22(33)30-16-2-4-19(24)18(13-16)23(25,26)27/h2-13H,1H3,(H2,30,31,33). The molecule has 2 aromatic carbocycles. The van der Waals surface area contributed by atoms with Crippen LogP contribution in [0.4, 0.5) is 29.3 Å². The maximum Gasteiger partial charge on any atom is 0.417 e. The van der Waals surface area contributed by atoms with E-state index in [4.69, 9.17) is 11.6 Å². The highest BCUT2D eigenvalue weighted by molar-refractivity contribution is 6.31. The van der Waals surface area contributed by atoms with E-state index in [-0.39, 0.29) is 5.69 Å². The van der Waals surface area contributed by atoms with Crippen molar-refractivity contribution in [2.45, 2.75) is 13.1 Å². The van der Waals surface area contributed by atoms with Crippen molar-refractivity contribution < 1.29 is 18.0 Å². The number of nitrogens with one attached hydrogen (secondary N) is 2. The van der Waals surface area contributed by atoms with Gasteiger partial charge in [0.1, 0.15) is 5.82 Å². The molecule has 0 radical (unpaired) electrons. The first-order valence-electron chi connectivity index (χ1n) is 9.72. The van der Waals surface area contributed by atoms with E-state index in [1.165, 1.54) is 6.07 Å². The fourth-order valence-corrected chi connectivity index (χ4v) is 3.49.